The normalized spacial score (nSPS) is 13.2. The molecule has 0 aliphatic carbocycles. The highest BCUT2D eigenvalue weighted by molar-refractivity contribution is 6.30. The summed E-state index contributed by atoms with van der Waals surface area (Å²) in [5.41, 5.74) is 1.83. The molecule has 2 aromatic carbocycles. The SMILES string of the molecule is CC(NC(=O)OCc1ccccc1)[C@@H](O)Cc1cccc(Cl)c1. The van der Waals surface area contributed by atoms with Gasteiger partial charge in [0.15, 0.2) is 0 Å². The monoisotopic (exact) mass is 333 g/mol. The molecule has 0 saturated carbocycles. The van der Waals surface area contributed by atoms with Crippen molar-refractivity contribution in [2.45, 2.75) is 32.1 Å². The molecule has 0 aliphatic rings. The molecule has 2 rings (SSSR count). The molecule has 0 fully saturated rings. The van der Waals surface area contributed by atoms with Gasteiger partial charge in [0.1, 0.15) is 6.61 Å². The van der Waals surface area contributed by atoms with Gasteiger partial charge < -0.3 is 15.2 Å². The summed E-state index contributed by atoms with van der Waals surface area (Å²) < 4.78 is 5.14. The Bertz CT molecular complexity index is 633. The lowest BCUT2D eigenvalue weighted by Gasteiger charge is -2.20. The topological polar surface area (TPSA) is 58.6 Å². The van der Waals surface area contributed by atoms with Crippen LogP contribution in [0.5, 0.6) is 0 Å². The van der Waals surface area contributed by atoms with Gasteiger partial charge in [-0.2, -0.15) is 0 Å². The van der Waals surface area contributed by atoms with Crippen LogP contribution in [0.1, 0.15) is 18.1 Å². The van der Waals surface area contributed by atoms with Crippen molar-refractivity contribution in [2.24, 2.45) is 0 Å². The number of hydrogen-bond acceptors (Lipinski definition) is 3. The molecular weight excluding hydrogens is 314 g/mol. The lowest BCUT2D eigenvalue weighted by molar-refractivity contribution is 0.106. The van der Waals surface area contributed by atoms with Gasteiger partial charge in [0.05, 0.1) is 12.1 Å². The molecule has 23 heavy (non-hydrogen) atoms. The second-order valence-electron chi connectivity index (χ2n) is 5.40. The number of halogens is 1. The lowest BCUT2D eigenvalue weighted by Crippen LogP contribution is -2.42. The molecule has 0 radical (unpaired) electrons. The Balaban J connectivity index is 1.78. The zero-order chi connectivity index (χ0) is 16.7. The van der Waals surface area contributed by atoms with Gasteiger partial charge in [-0.3, -0.25) is 0 Å². The third-order valence-electron chi connectivity index (χ3n) is 3.47. The highest BCUT2D eigenvalue weighted by Gasteiger charge is 2.18. The summed E-state index contributed by atoms with van der Waals surface area (Å²) in [6, 6.07) is 16.3. The van der Waals surface area contributed by atoms with Gasteiger partial charge in [-0.05, 0) is 30.2 Å². The number of carbonyl (C=O) groups excluding carboxylic acids is 1. The standard InChI is InChI=1S/C18H20ClNO3/c1-13(17(21)11-15-8-5-9-16(19)10-15)20-18(22)23-12-14-6-3-2-4-7-14/h2-10,13,17,21H,11-12H2,1H3,(H,20,22)/t13?,17-/m0/s1. The first-order chi connectivity index (χ1) is 11.0. The summed E-state index contributed by atoms with van der Waals surface area (Å²) in [6.07, 6.45) is -0.870. The predicted octanol–water partition coefficient (Wildman–Crippen LogP) is 3.56. The summed E-state index contributed by atoms with van der Waals surface area (Å²) in [5, 5.41) is 13.4. The van der Waals surface area contributed by atoms with Crippen LogP contribution >= 0.6 is 11.6 Å². The molecule has 0 aliphatic heterocycles. The van der Waals surface area contributed by atoms with E-state index in [1.54, 1.807) is 19.1 Å². The Morgan fingerprint density at radius 3 is 2.57 bits per heavy atom. The second-order valence-corrected chi connectivity index (χ2v) is 5.83. The number of nitrogens with one attached hydrogen (secondary N) is 1. The minimum atomic E-state index is -0.724. The molecule has 122 valence electrons. The molecule has 1 unspecified atom stereocenters. The Kier molecular flexibility index (Phi) is 6.44. The second kappa shape index (κ2) is 8.56. The van der Waals surface area contributed by atoms with E-state index >= 15 is 0 Å². The molecule has 2 aromatic rings. The first-order valence-corrected chi connectivity index (χ1v) is 7.82. The van der Waals surface area contributed by atoms with Crippen LogP contribution in [0.2, 0.25) is 5.02 Å². The van der Waals surface area contributed by atoms with Gasteiger partial charge in [0.25, 0.3) is 0 Å². The molecule has 2 N–H and O–H groups in total. The number of benzene rings is 2. The number of amides is 1. The van der Waals surface area contributed by atoms with Crippen molar-refractivity contribution >= 4 is 17.7 Å². The summed E-state index contributed by atoms with van der Waals surface area (Å²) in [4.78, 5) is 11.8. The van der Waals surface area contributed by atoms with E-state index in [1.807, 2.05) is 42.5 Å². The quantitative estimate of drug-likeness (QED) is 0.849. The van der Waals surface area contributed by atoms with Gasteiger partial charge in [0, 0.05) is 11.4 Å². The largest absolute Gasteiger partial charge is 0.445 e. The van der Waals surface area contributed by atoms with Crippen LogP contribution in [0.3, 0.4) is 0 Å². The first kappa shape index (κ1) is 17.3. The third kappa shape index (κ3) is 5.93. The highest BCUT2D eigenvalue weighted by atomic mass is 35.5. The van der Waals surface area contributed by atoms with E-state index in [2.05, 4.69) is 5.32 Å². The molecule has 0 saturated heterocycles. The number of aliphatic hydroxyl groups excluding tert-OH is 1. The van der Waals surface area contributed by atoms with Crippen LogP contribution in [0.15, 0.2) is 54.6 Å². The van der Waals surface area contributed by atoms with Gasteiger partial charge in [0.2, 0.25) is 0 Å². The number of carbonyl (C=O) groups is 1. The fourth-order valence-corrected chi connectivity index (χ4v) is 2.34. The maximum absolute atomic E-state index is 11.8. The van der Waals surface area contributed by atoms with E-state index in [4.69, 9.17) is 16.3 Å². The van der Waals surface area contributed by atoms with Crippen LogP contribution in [0.25, 0.3) is 0 Å². The van der Waals surface area contributed by atoms with E-state index in [-0.39, 0.29) is 6.61 Å². The average molecular weight is 334 g/mol. The van der Waals surface area contributed by atoms with E-state index in [0.29, 0.717) is 11.4 Å². The molecule has 0 heterocycles. The zero-order valence-corrected chi connectivity index (χ0v) is 13.7. The van der Waals surface area contributed by atoms with Gasteiger partial charge in [-0.1, -0.05) is 54.1 Å². The maximum atomic E-state index is 11.8. The van der Waals surface area contributed by atoms with Crippen LogP contribution in [-0.2, 0) is 17.8 Å². The van der Waals surface area contributed by atoms with E-state index in [0.717, 1.165) is 11.1 Å². The summed E-state index contributed by atoms with van der Waals surface area (Å²) in [7, 11) is 0. The lowest BCUT2D eigenvalue weighted by atomic mass is 10.0. The minimum Gasteiger partial charge on any atom is -0.445 e. The fourth-order valence-electron chi connectivity index (χ4n) is 2.13. The van der Waals surface area contributed by atoms with Crippen molar-refractivity contribution in [3.8, 4) is 0 Å². The Morgan fingerprint density at radius 1 is 1.17 bits per heavy atom. The fraction of sp³-hybridized carbons (Fsp3) is 0.278. The van der Waals surface area contributed by atoms with Crippen LogP contribution in [-0.4, -0.2) is 23.3 Å². The average Bonchev–Trinajstić information content (AvgIpc) is 2.54. The minimum absolute atomic E-state index is 0.198. The van der Waals surface area contributed by atoms with Crippen molar-refractivity contribution < 1.29 is 14.6 Å². The van der Waals surface area contributed by atoms with Crippen LogP contribution in [0.4, 0.5) is 4.79 Å². The van der Waals surface area contributed by atoms with Gasteiger partial charge >= 0.3 is 6.09 Å². The van der Waals surface area contributed by atoms with Crippen molar-refractivity contribution in [3.63, 3.8) is 0 Å². The first-order valence-electron chi connectivity index (χ1n) is 7.44. The number of rotatable bonds is 6. The smallest absolute Gasteiger partial charge is 0.407 e. The Labute approximate surface area is 141 Å². The zero-order valence-electron chi connectivity index (χ0n) is 12.9. The molecule has 5 heteroatoms. The molecule has 1 amide bonds. The predicted molar refractivity (Wildman–Crippen MR) is 90.4 cm³/mol. The molecule has 0 aromatic heterocycles. The molecule has 2 atom stereocenters. The van der Waals surface area contributed by atoms with Gasteiger partial charge in [-0.25, -0.2) is 4.79 Å². The summed E-state index contributed by atoms with van der Waals surface area (Å²) >= 11 is 5.92. The number of alkyl carbamates (subject to hydrolysis) is 1. The number of hydrogen-bond donors (Lipinski definition) is 2. The van der Waals surface area contributed by atoms with E-state index < -0.39 is 18.2 Å². The third-order valence-corrected chi connectivity index (χ3v) is 3.70. The number of ether oxygens (including phenoxy) is 1. The van der Waals surface area contributed by atoms with Crippen LogP contribution in [0, 0.1) is 0 Å². The van der Waals surface area contributed by atoms with Crippen molar-refractivity contribution in [1.29, 1.82) is 0 Å². The van der Waals surface area contributed by atoms with Crippen molar-refractivity contribution in [3.05, 3.63) is 70.7 Å². The Morgan fingerprint density at radius 2 is 1.87 bits per heavy atom. The van der Waals surface area contributed by atoms with Gasteiger partial charge in [-0.15, -0.1) is 0 Å². The van der Waals surface area contributed by atoms with E-state index in [9.17, 15) is 9.90 Å². The molecule has 4 nitrogen and oxygen atoms in total. The van der Waals surface area contributed by atoms with Crippen molar-refractivity contribution in [2.75, 3.05) is 0 Å². The maximum Gasteiger partial charge on any atom is 0.407 e. The molecular formula is C18H20ClNO3. The van der Waals surface area contributed by atoms with Crippen molar-refractivity contribution in [1.82, 2.24) is 5.32 Å². The number of aliphatic hydroxyl groups is 1. The highest BCUT2D eigenvalue weighted by Crippen LogP contribution is 2.13. The van der Waals surface area contributed by atoms with Crippen LogP contribution < -0.4 is 5.32 Å². The summed E-state index contributed by atoms with van der Waals surface area (Å²) in [6.45, 7) is 1.93. The summed E-state index contributed by atoms with van der Waals surface area (Å²) in [5.74, 6) is 0. The molecule has 0 bridgehead atoms. The Hall–Kier alpha value is -2.04. The molecule has 0 spiro atoms. The van der Waals surface area contributed by atoms with E-state index in [1.165, 1.54) is 0 Å².